The minimum absolute atomic E-state index is 0. The van der Waals surface area contributed by atoms with Crippen LogP contribution in [0.1, 0.15) is 93.4 Å². The zero-order valence-electron chi connectivity index (χ0n) is 51.8. The Bertz CT molecular complexity index is 3670. The monoisotopic (exact) mass is 1450 g/mol. The first-order valence-corrected chi connectivity index (χ1v) is 33.3. The third-order valence-corrected chi connectivity index (χ3v) is 15.8. The normalized spacial score (nSPS) is 9.88. The molecule has 0 aliphatic rings. The van der Waals surface area contributed by atoms with Gasteiger partial charge in [0.2, 0.25) is 11.1 Å². The number of thiazole rings is 3. The van der Waals surface area contributed by atoms with Crippen LogP contribution in [0.2, 0.25) is 0 Å². The number of aliphatic hydroxyl groups excluding tert-OH is 1. The van der Waals surface area contributed by atoms with Gasteiger partial charge >= 0.3 is 0 Å². The molecule has 3 aromatic heterocycles. The van der Waals surface area contributed by atoms with Crippen molar-refractivity contribution in [2.45, 2.75) is 89.7 Å². The van der Waals surface area contributed by atoms with Crippen molar-refractivity contribution in [2.75, 3.05) is 34.3 Å². The maximum Gasteiger partial charge on any atom is 0.232 e. The summed E-state index contributed by atoms with van der Waals surface area (Å²) >= 11 is 30.4. The van der Waals surface area contributed by atoms with E-state index in [2.05, 4.69) is 44.5 Å². The first-order valence-electron chi connectivity index (χ1n) is 28.2. The summed E-state index contributed by atoms with van der Waals surface area (Å²) in [4.78, 5) is 48.9. The minimum Gasteiger partial charge on any atom is -0.399 e. The number of nitrogens with zero attached hydrogens (tertiary/aromatic N) is 4. The van der Waals surface area contributed by atoms with E-state index in [-0.39, 0.29) is 80.4 Å². The second-order valence-corrected chi connectivity index (χ2v) is 25.2. The fourth-order valence-electron chi connectivity index (χ4n) is 6.61. The highest BCUT2D eigenvalue weighted by atomic mass is 35.5. The van der Waals surface area contributed by atoms with Crippen molar-refractivity contribution < 1.29 is 32.7 Å². The molecular formula is C73H86Cl4F3N7O4S4. The van der Waals surface area contributed by atoms with Crippen LogP contribution in [0.15, 0.2) is 210 Å². The maximum absolute atomic E-state index is 13.3. The summed E-state index contributed by atoms with van der Waals surface area (Å²) in [5, 5.41) is 19.5. The topological polar surface area (TPSA) is 177 Å². The van der Waals surface area contributed by atoms with Crippen molar-refractivity contribution in [1.29, 1.82) is 0 Å². The number of anilines is 3. The molecule has 0 spiro atoms. The maximum atomic E-state index is 13.3. The Balaban J connectivity index is 0.00000114. The van der Waals surface area contributed by atoms with Crippen molar-refractivity contribution in [3.8, 4) is 31.7 Å². The molecule has 0 atom stereocenters. The lowest BCUT2D eigenvalue weighted by atomic mass is 9.94. The average Bonchev–Trinajstić information content (AvgIpc) is 1.87. The van der Waals surface area contributed by atoms with Gasteiger partial charge in [0.05, 0.1) is 47.8 Å². The number of nitrogens with one attached hydrogen (secondary N) is 1. The van der Waals surface area contributed by atoms with Gasteiger partial charge in [0.1, 0.15) is 37.5 Å². The SMILES string of the molecule is C.C.C.CC(C)(C)C(=O)Cl.CC(C)(C)C(=O)N(Cc1csc(-c2ccccc2)n1)c1ccc(F)cc1.CCO.ClCc1csc(-c2ccccc2)n1.Fc1ccc(NCc2csc(-c3ccccc3)n2)cc1.NC(=S)c1ccccc1.Nc1ccc(F)cc1.O=C(CCl)CCl. The molecule has 7 aromatic carbocycles. The van der Waals surface area contributed by atoms with E-state index >= 15 is 0 Å². The number of carbonyl (C=O) groups excluding carboxylic acids is 3. The lowest BCUT2D eigenvalue weighted by Gasteiger charge is -2.29. The molecule has 0 aliphatic heterocycles. The second-order valence-electron chi connectivity index (χ2n) is 21.1. The summed E-state index contributed by atoms with van der Waals surface area (Å²) in [7, 11) is 0. The molecule has 0 bridgehead atoms. The molecule has 0 saturated heterocycles. The molecule has 510 valence electrons. The van der Waals surface area contributed by atoms with Crippen molar-refractivity contribution in [2.24, 2.45) is 16.6 Å². The van der Waals surface area contributed by atoms with Gasteiger partial charge in [-0.2, -0.15) is 0 Å². The number of halogens is 7. The van der Waals surface area contributed by atoms with E-state index in [1.54, 1.807) is 90.9 Å². The number of alkyl halides is 3. The average molecular weight is 1450 g/mol. The van der Waals surface area contributed by atoms with Crippen LogP contribution < -0.4 is 21.7 Å². The van der Waals surface area contributed by atoms with Crippen LogP contribution in [-0.4, -0.2) is 60.3 Å². The molecule has 1 amide bonds. The number of hydrogen-bond acceptors (Lipinski definition) is 13. The minimum atomic E-state index is -0.549. The Morgan fingerprint density at radius 1 is 0.547 bits per heavy atom. The quantitative estimate of drug-likeness (QED) is 0.0374. The number of nitrogens with two attached hydrogens (primary N) is 2. The van der Waals surface area contributed by atoms with E-state index in [1.165, 1.54) is 48.5 Å². The number of hydrogen-bond donors (Lipinski definition) is 4. The van der Waals surface area contributed by atoms with Crippen molar-refractivity contribution in [1.82, 2.24) is 15.0 Å². The summed E-state index contributed by atoms with van der Waals surface area (Å²) in [6, 6.07) is 57.8. The molecule has 22 heteroatoms. The number of aromatic nitrogens is 3. The van der Waals surface area contributed by atoms with Crippen LogP contribution in [0, 0.1) is 28.3 Å². The molecule has 0 unspecified atom stereocenters. The molecule has 95 heavy (non-hydrogen) atoms. The Hall–Kier alpha value is -7.36. The lowest BCUT2D eigenvalue weighted by Crippen LogP contribution is -2.39. The second kappa shape index (κ2) is 47.5. The van der Waals surface area contributed by atoms with Gasteiger partial charge in [-0.1, -0.05) is 197 Å². The van der Waals surface area contributed by atoms with E-state index in [1.807, 2.05) is 134 Å². The number of carbonyl (C=O) groups is 3. The smallest absolute Gasteiger partial charge is 0.232 e. The third kappa shape index (κ3) is 35.3. The number of Topliss-reactive ketones (excluding diaryl/α,β-unsaturated/α-hetero) is 1. The van der Waals surface area contributed by atoms with Gasteiger partial charge in [-0.15, -0.1) is 68.8 Å². The molecule has 10 rings (SSSR count). The number of benzene rings is 7. The van der Waals surface area contributed by atoms with E-state index < -0.39 is 5.41 Å². The summed E-state index contributed by atoms with van der Waals surface area (Å²) < 4.78 is 38.1. The van der Waals surface area contributed by atoms with Crippen LogP contribution in [0.3, 0.4) is 0 Å². The number of aliphatic hydroxyl groups is 1. The van der Waals surface area contributed by atoms with Crippen LogP contribution >= 0.6 is 92.6 Å². The van der Waals surface area contributed by atoms with Gasteiger partial charge in [-0.05, 0) is 91.3 Å². The fourth-order valence-corrected chi connectivity index (χ4v) is 9.72. The zero-order chi connectivity index (χ0) is 68.1. The number of amides is 1. The summed E-state index contributed by atoms with van der Waals surface area (Å²) in [5.41, 5.74) is 18.8. The van der Waals surface area contributed by atoms with Gasteiger partial charge < -0.3 is 26.8 Å². The van der Waals surface area contributed by atoms with E-state index in [4.69, 9.17) is 75.2 Å². The Morgan fingerprint density at radius 3 is 1.20 bits per heavy atom. The van der Waals surface area contributed by atoms with Crippen molar-refractivity contribution in [3.05, 3.63) is 250 Å². The van der Waals surface area contributed by atoms with Gasteiger partial charge in [-0.25, -0.2) is 28.1 Å². The molecule has 0 fully saturated rings. The number of rotatable bonds is 13. The largest absolute Gasteiger partial charge is 0.399 e. The van der Waals surface area contributed by atoms with E-state index in [0.717, 1.165) is 60.0 Å². The number of ketones is 1. The summed E-state index contributed by atoms with van der Waals surface area (Å²) in [5.74, 6) is -0.403. The lowest BCUT2D eigenvalue weighted by molar-refractivity contribution is -0.126. The Morgan fingerprint density at radius 2 is 0.884 bits per heavy atom. The van der Waals surface area contributed by atoms with Gasteiger partial charge in [0.25, 0.3) is 0 Å². The van der Waals surface area contributed by atoms with Crippen molar-refractivity contribution >= 4 is 132 Å². The predicted octanol–water partition coefficient (Wildman–Crippen LogP) is 21.1. The first kappa shape index (κ1) is 87.6. The van der Waals surface area contributed by atoms with Gasteiger partial charge in [-0.3, -0.25) is 14.4 Å². The molecule has 11 nitrogen and oxygen atoms in total. The zero-order valence-corrected chi connectivity index (χ0v) is 58.1. The highest BCUT2D eigenvalue weighted by Crippen LogP contribution is 2.30. The van der Waals surface area contributed by atoms with Crippen LogP contribution in [0.4, 0.5) is 30.2 Å². The van der Waals surface area contributed by atoms with E-state index in [9.17, 15) is 27.6 Å². The Labute approximate surface area is 597 Å². The number of thiocarbonyl (C=S) groups is 1. The molecule has 6 N–H and O–H groups in total. The predicted molar refractivity (Wildman–Crippen MR) is 406 cm³/mol. The molecular weight excluding hydrogens is 1370 g/mol. The van der Waals surface area contributed by atoms with Crippen molar-refractivity contribution in [3.63, 3.8) is 0 Å². The van der Waals surface area contributed by atoms with Crippen LogP contribution in [0.5, 0.6) is 0 Å². The molecule has 3 heterocycles. The van der Waals surface area contributed by atoms with Gasteiger partial charge in [0.15, 0.2) is 5.78 Å². The molecule has 0 aliphatic carbocycles. The summed E-state index contributed by atoms with van der Waals surface area (Å²) in [6.45, 7) is 13.9. The van der Waals surface area contributed by atoms with Crippen LogP contribution in [-0.2, 0) is 33.4 Å². The molecule has 0 radical (unpaired) electrons. The molecule has 10 aromatic rings. The summed E-state index contributed by atoms with van der Waals surface area (Å²) in [6.07, 6.45) is 0. The van der Waals surface area contributed by atoms with Crippen LogP contribution in [0.25, 0.3) is 31.7 Å². The molecule has 0 saturated carbocycles. The van der Waals surface area contributed by atoms with Gasteiger partial charge in [0, 0.05) is 72.9 Å². The standard InChI is InChI=1S/C21H21FN2OS.C16H13FN2S.C10H8ClNS.C7H7NS.C6H6FN.C5H9ClO.C3H4Cl2O.C2H6O.3CH4/c1-21(2,3)20(25)24(18-11-9-16(22)10-12-18)13-17-14-26-19(23-17)15-7-5-4-6-8-15;17-13-6-8-14(9-7-13)18-10-15-11-20-16(19-15)12-4-2-1-3-5-12;11-6-9-7-13-10(12-9)8-4-2-1-3-5-8;8-7(9)6-4-2-1-3-5-6;7-5-1-3-6(8)4-2-5;1-5(2,3)4(6)7;4-1-3(6)2-5;1-2-3;;;/h4-12,14H,13H2,1-3H3;1-9,11,18H,10H2;1-5,7H,6H2;1-5H,(H2,8,9);1-4H,8H2;1-3H3;1-2H2;3H,2H2,1H3;3*1H4. The fraction of sp³-hybridized carbons (Fsp3) is 0.247. The number of nitrogen functional groups attached to an aromatic ring is 1. The first-order chi connectivity index (χ1) is 43.8. The highest BCUT2D eigenvalue weighted by Gasteiger charge is 2.29. The van der Waals surface area contributed by atoms with E-state index in [0.29, 0.717) is 35.3 Å². The third-order valence-electron chi connectivity index (χ3n) is 11.3. The highest BCUT2D eigenvalue weighted by molar-refractivity contribution is 7.80. The Kier molecular flexibility index (Phi) is 43.8.